The molecule has 2 aliphatic rings. The van der Waals surface area contributed by atoms with E-state index in [0.29, 0.717) is 26.1 Å². The molecule has 0 unspecified atom stereocenters. The van der Waals surface area contributed by atoms with Gasteiger partial charge in [0, 0.05) is 63.6 Å². The third-order valence-electron chi connectivity index (χ3n) is 5.57. The van der Waals surface area contributed by atoms with Crippen LogP contribution in [0.3, 0.4) is 0 Å². The predicted molar refractivity (Wildman–Crippen MR) is 119 cm³/mol. The molecule has 0 spiro atoms. The van der Waals surface area contributed by atoms with Crippen molar-refractivity contribution in [1.29, 1.82) is 0 Å². The molecule has 4 rings (SSSR count). The highest BCUT2D eigenvalue weighted by molar-refractivity contribution is 7.12. The molecule has 2 aliphatic heterocycles. The summed E-state index contributed by atoms with van der Waals surface area (Å²) in [5.74, 6) is 0.133. The van der Waals surface area contributed by atoms with Crippen LogP contribution in [0.25, 0.3) is 0 Å². The van der Waals surface area contributed by atoms with Gasteiger partial charge in [-0.05, 0) is 35.7 Å². The standard InChI is InChI=1S/C22H28N4O3S/c27-21(23-18-3-5-19(6-4-18)25-13-15-29-16-14-25)7-8-24-9-11-26(12-10-24)22(28)20-2-1-17-30-20/h1-6,17H,7-16H2,(H,23,27). The van der Waals surface area contributed by atoms with E-state index in [1.807, 2.05) is 46.7 Å². The summed E-state index contributed by atoms with van der Waals surface area (Å²) in [5, 5.41) is 4.91. The lowest BCUT2D eigenvalue weighted by Gasteiger charge is -2.34. The largest absolute Gasteiger partial charge is 0.378 e. The van der Waals surface area contributed by atoms with Crippen molar-refractivity contribution < 1.29 is 14.3 Å². The molecule has 0 saturated carbocycles. The van der Waals surface area contributed by atoms with Gasteiger partial charge in [-0.3, -0.25) is 14.5 Å². The number of amides is 2. The molecule has 1 aromatic heterocycles. The first-order valence-electron chi connectivity index (χ1n) is 10.5. The Balaban J connectivity index is 1.18. The molecule has 2 saturated heterocycles. The lowest BCUT2D eigenvalue weighted by molar-refractivity contribution is -0.116. The van der Waals surface area contributed by atoms with Gasteiger partial charge in [-0.1, -0.05) is 6.07 Å². The molecule has 0 radical (unpaired) electrons. The Morgan fingerprint density at radius 1 is 0.967 bits per heavy atom. The van der Waals surface area contributed by atoms with Crippen LogP contribution in [0.5, 0.6) is 0 Å². The van der Waals surface area contributed by atoms with Gasteiger partial charge in [-0.15, -0.1) is 11.3 Å². The molecule has 0 atom stereocenters. The van der Waals surface area contributed by atoms with Gasteiger partial charge < -0.3 is 19.9 Å². The van der Waals surface area contributed by atoms with Crippen LogP contribution in [0.2, 0.25) is 0 Å². The quantitative estimate of drug-likeness (QED) is 0.765. The van der Waals surface area contributed by atoms with Crippen molar-refractivity contribution in [2.75, 3.05) is 69.2 Å². The molecule has 3 heterocycles. The van der Waals surface area contributed by atoms with Crippen LogP contribution < -0.4 is 10.2 Å². The highest BCUT2D eigenvalue weighted by Crippen LogP contribution is 2.19. The van der Waals surface area contributed by atoms with Crippen molar-refractivity contribution in [2.24, 2.45) is 0 Å². The van der Waals surface area contributed by atoms with Crippen LogP contribution >= 0.6 is 11.3 Å². The van der Waals surface area contributed by atoms with E-state index in [4.69, 9.17) is 4.74 Å². The Hall–Kier alpha value is -2.42. The van der Waals surface area contributed by atoms with Crippen molar-refractivity contribution in [1.82, 2.24) is 9.80 Å². The summed E-state index contributed by atoms with van der Waals surface area (Å²) in [6.07, 6.45) is 0.448. The topological polar surface area (TPSA) is 65.1 Å². The summed E-state index contributed by atoms with van der Waals surface area (Å²) in [6.45, 7) is 7.05. The zero-order valence-corrected chi connectivity index (χ0v) is 17.9. The molecule has 2 aromatic rings. The van der Waals surface area contributed by atoms with Gasteiger partial charge in [0.2, 0.25) is 5.91 Å². The number of carbonyl (C=O) groups excluding carboxylic acids is 2. The van der Waals surface area contributed by atoms with E-state index >= 15 is 0 Å². The van der Waals surface area contributed by atoms with Gasteiger partial charge in [0.15, 0.2) is 0 Å². The fraction of sp³-hybridized carbons (Fsp3) is 0.455. The van der Waals surface area contributed by atoms with Crippen LogP contribution in [0.4, 0.5) is 11.4 Å². The number of piperazine rings is 1. The van der Waals surface area contributed by atoms with E-state index in [2.05, 4.69) is 15.1 Å². The number of thiophene rings is 1. The third kappa shape index (κ3) is 5.38. The molecule has 2 amide bonds. The number of nitrogens with one attached hydrogen (secondary N) is 1. The van der Waals surface area contributed by atoms with Crippen molar-refractivity contribution in [3.8, 4) is 0 Å². The minimum atomic E-state index is 0.0196. The zero-order chi connectivity index (χ0) is 20.8. The van der Waals surface area contributed by atoms with Crippen LogP contribution in [0.15, 0.2) is 41.8 Å². The SMILES string of the molecule is O=C(CCN1CCN(C(=O)c2cccs2)CC1)Nc1ccc(N2CCOCC2)cc1. The summed E-state index contributed by atoms with van der Waals surface area (Å²) < 4.78 is 5.39. The number of benzene rings is 1. The van der Waals surface area contributed by atoms with Gasteiger partial charge in [-0.25, -0.2) is 0 Å². The lowest BCUT2D eigenvalue weighted by Crippen LogP contribution is -2.49. The number of hydrogen-bond acceptors (Lipinski definition) is 6. The number of ether oxygens (including phenoxy) is 1. The average Bonchev–Trinajstić information content (AvgIpc) is 3.34. The second-order valence-electron chi connectivity index (χ2n) is 7.56. The van der Waals surface area contributed by atoms with E-state index < -0.39 is 0 Å². The molecule has 0 bridgehead atoms. The maximum Gasteiger partial charge on any atom is 0.264 e. The van der Waals surface area contributed by atoms with E-state index in [0.717, 1.165) is 55.6 Å². The van der Waals surface area contributed by atoms with Crippen molar-refractivity contribution >= 4 is 34.5 Å². The summed E-state index contributed by atoms with van der Waals surface area (Å²) in [7, 11) is 0. The monoisotopic (exact) mass is 428 g/mol. The molecule has 1 N–H and O–H groups in total. The summed E-state index contributed by atoms with van der Waals surface area (Å²) in [4.78, 5) is 32.0. The van der Waals surface area contributed by atoms with Crippen LogP contribution in [-0.4, -0.2) is 80.6 Å². The molecule has 160 valence electrons. The molecule has 7 nitrogen and oxygen atoms in total. The average molecular weight is 429 g/mol. The van der Waals surface area contributed by atoms with E-state index in [1.54, 1.807) is 0 Å². The van der Waals surface area contributed by atoms with Crippen molar-refractivity contribution in [3.63, 3.8) is 0 Å². The van der Waals surface area contributed by atoms with Gasteiger partial charge in [0.05, 0.1) is 18.1 Å². The Labute approximate surface area is 181 Å². The van der Waals surface area contributed by atoms with Gasteiger partial charge in [-0.2, -0.15) is 0 Å². The van der Waals surface area contributed by atoms with E-state index in [-0.39, 0.29) is 11.8 Å². The first kappa shape index (κ1) is 20.8. The highest BCUT2D eigenvalue weighted by atomic mass is 32.1. The predicted octanol–water partition coefficient (Wildman–Crippen LogP) is 2.37. The molecular weight excluding hydrogens is 400 g/mol. The number of hydrogen-bond donors (Lipinski definition) is 1. The summed E-state index contributed by atoms with van der Waals surface area (Å²) in [6, 6.07) is 11.8. The molecule has 0 aliphatic carbocycles. The molecule has 8 heteroatoms. The minimum absolute atomic E-state index is 0.0196. The first-order valence-corrected chi connectivity index (χ1v) is 11.3. The Morgan fingerprint density at radius 2 is 1.70 bits per heavy atom. The lowest BCUT2D eigenvalue weighted by atomic mass is 10.2. The fourth-order valence-electron chi connectivity index (χ4n) is 3.79. The maximum absolute atomic E-state index is 12.4. The smallest absolute Gasteiger partial charge is 0.264 e. The number of nitrogens with zero attached hydrogens (tertiary/aromatic N) is 3. The molecule has 2 fully saturated rings. The molecule has 1 aromatic carbocycles. The Bertz CT molecular complexity index is 827. The fourth-order valence-corrected chi connectivity index (χ4v) is 4.48. The van der Waals surface area contributed by atoms with Crippen LogP contribution in [0.1, 0.15) is 16.1 Å². The maximum atomic E-state index is 12.4. The Kier molecular flexibility index (Phi) is 6.99. The van der Waals surface area contributed by atoms with Crippen LogP contribution in [0, 0.1) is 0 Å². The zero-order valence-electron chi connectivity index (χ0n) is 17.1. The summed E-state index contributed by atoms with van der Waals surface area (Å²) in [5.41, 5.74) is 1.98. The number of anilines is 2. The number of carbonyl (C=O) groups is 2. The second-order valence-corrected chi connectivity index (χ2v) is 8.50. The third-order valence-corrected chi connectivity index (χ3v) is 6.43. The highest BCUT2D eigenvalue weighted by Gasteiger charge is 2.22. The molecular formula is C22H28N4O3S. The number of rotatable bonds is 6. The van der Waals surface area contributed by atoms with Gasteiger partial charge in [0.1, 0.15) is 0 Å². The van der Waals surface area contributed by atoms with E-state index in [9.17, 15) is 9.59 Å². The first-order chi connectivity index (χ1) is 14.7. The summed E-state index contributed by atoms with van der Waals surface area (Å²) >= 11 is 1.48. The van der Waals surface area contributed by atoms with Crippen LogP contribution in [-0.2, 0) is 9.53 Å². The van der Waals surface area contributed by atoms with Gasteiger partial charge >= 0.3 is 0 Å². The van der Waals surface area contributed by atoms with E-state index in [1.165, 1.54) is 11.3 Å². The molecule has 30 heavy (non-hydrogen) atoms. The number of morpholine rings is 1. The normalized spacial score (nSPS) is 17.7. The minimum Gasteiger partial charge on any atom is -0.378 e. The van der Waals surface area contributed by atoms with Crippen molar-refractivity contribution in [2.45, 2.75) is 6.42 Å². The van der Waals surface area contributed by atoms with Gasteiger partial charge in [0.25, 0.3) is 5.91 Å². The second kappa shape index (κ2) is 10.1. The van der Waals surface area contributed by atoms with Crippen molar-refractivity contribution in [3.05, 3.63) is 46.7 Å². The Morgan fingerprint density at radius 3 is 2.37 bits per heavy atom.